The first-order chi connectivity index (χ1) is 40.4. The number of aliphatic hydroxyl groups excluding tert-OH is 2. The van der Waals surface area contributed by atoms with Crippen LogP contribution in [0.3, 0.4) is 0 Å². The summed E-state index contributed by atoms with van der Waals surface area (Å²) in [6.07, 6.45) is 22.0. The first-order valence-corrected chi connectivity index (χ1v) is 34.7. The van der Waals surface area contributed by atoms with E-state index < -0.39 is 54.6 Å². The molecule has 0 aromatic heterocycles. The lowest BCUT2D eigenvalue weighted by Gasteiger charge is -2.45. The SMILES string of the molecule is O=C1NS(=O)(=O)[C@@H]2CCC[C@H]2C/C=C/[C@H](O)[C@@H]2CC[C@H]2CN2C[C@@]3(CCCc4cc(Cl)ccc43)COc3ccc1cc32.O=C1NS(=O)(=O)[C@H]2CCC[C@@H]2C/C=C/[C@H](O)[C@@H]2CC[C@H]2CN2C[C@@]3(CCCc4cc(Cl)ccc43)COc3ccc1cc32. The summed E-state index contributed by atoms with van der Waals surface area (Å²) in [6.45, 7) is 3.88. The third-order valence-electron chi connectivity index (χ3n) is 21.3. The fourth-order valence-electron chi connectivity index (χ4n) is 16.6. The van der Waals surface area contributed by atoms with E-state index in [4.69, 9.17) is 32.7 Å². The number of anilines is 2. The number of allylic oxidation sites excluding steroid dienone is 2. The molecule has 0 saturated heterocycles. The summed E-state index contributed by atoms with van der Waals surface area (Å²) < 4.78 is 71.5. The van der Waals surface area contributed by atoms with Gasteiger partial charge < -0.3 is 29.5 Å². The molecule has 12 atom stereocenters. The third kappa shape index (κ3) is 11.2. The number of hydrogen-bond acceptors (Lipinski definition) is 12. The lowest BCUT2D eigenvalue weighted by Crippen LogP contribution is -2.49. The maximum absolute atomic E-state index is 13.4. The highest BCUT2D eigenvalue weighted by Crippen LogP contribution is 2.50. The maximum Gasteiger partial charge on any atom is 0.264 e. The number of rotatable bonds is 0. The third-order valence-corrected chi connectivity index (χ3v) is 25.6. The molecule has 4 aromatic rings. The van der Waals surface area contributed by atoms with E-state index in [0.29, 0.717) is 86.4 Å². The van der Waals surface area contributed by atoms with Crippen molar-refractivity contribution in [1.29, 1.82) is 0 Å². The average molecular weight is 1220 g/mol. The number of nitrogens with zero attached hydrogens (tertiary/aromatic N) is 2. The van der Waals surface area contributed by atoms with Crippen molar-refractivity contribution in [3.05, 3.63) is 141 Å². The van der Waals surface area contributed by atoms with Crippen molar-refractivity contribution in [2.45, 2.75) is 149 Å². The fraction of sp³-hybridized carbons (Fsp3) is 0.545. The van der Waals surface area contributed by atoms with Gasteiger partial charge >= 0.3 is 0 Å². The van der Waals surface area contributed by atoms with E-state index in [1.54, 1.807) is 24.3 Å². The van der Waals surface area contributed by atoms with Gasteiger partial charge in [0.25, 0.3) is 11.8 Å². The van der Waals surface area contributed by atoms with Crippen LogP contribution in [0, 0.1) is 35.5 Å². The van der Waals surface area contributed by atoms with Gasteiger partial charge in [-0.25, -0.2) is 26.3 Å². The molecule has 14 rings (SSSR count). The highest BCUT2D eigenvalue weighted by atomic mass is 35.5. The second-order valence-corrected chi connectivity index (χ2v) is 31.0. The van der Waals surface area contributed by atoms with Gasteiger partial charge in [-0.1, -0.05) is 72.5 Å². The van der Waals surface area contributed by atoms with Crippen molar-refractivity contribution in [2.75, 3.05) is 49.2 Å². The quantitative estimate of drug-likeness (QED) is 0.122. The zero-order chi connectivity index (χ0) is 58.1. The Morgan fingerprint density at radius 1 is 0.524 bits per heavy atom. The Bertz CT molecular complexity index is 3280. The molecule has 4 bridgehead atoms. The smallest absolute Gasteiger partial charge is 0.264 e. The lowest BCUT2D eigenvalue weighted by molar-refractivity contribution is 0.0454. The van der Waals surface area contributed by atoms with Crippen LogP contribution >= 0.6 is 23.2 Å². The summed E-state index contributed by atoms with van der Waals surface area (Å²) in [7, 11) is -7.72. The first kappa shape index (κ1) is 57.9. The largest absolute Gasteiger partial charge is 0.490 e. The number of carbonyl (C=O) groups is 2. The second kappa shape index (κ2) is 23.2. The Kier molecular flexibility index (Phi) is 16.0. The average Bonchev–Trinajstić information content (AvgIpc) is 2.24. The number of carbonyl (C=O) groups excluding carboxylic acids is 2. The number of fused-ring (bicyclic) bond motifs is 10. The van der Waals surface area contributed by atoms with Crippen LogP contribution in [0.25, 0.3) is 0 Å². The Morgan fingerprint density at radius 3 is 1.38 bits per heavy atom. The molecular formula is C66H78Cl2N4O10S2. The number of amides is 2. The summed E-state index contributed by atoms with van der Waals surface area (Å²) >= 11 is 12.8. The summed E-state index contributed by atoms with van der Waals surface area (Å²) in [5.41, 5.74) is 6.78. The molecule has 14 nitrogen and oxygen atoms in total. The van der Waals surface area contributed by atoms with Crippen LogP contribution in [0.1, 0.15) is 146 Å². The van der Waals surface area contributed by atoms with Gasteiger partial charge in [0.2, 0.25) is 20.0 Å². The molecule has 4 aliphatic heterocycles. The zero-order valence-corrected chi connectivity index (χ0v) is 50.8. The van der Waals surface area contributed by atoms with Gasteiger partial charge in [0, 0.05) is 58.2 Å². The minimum Gasteiger partial charge on any atom is -0.490 e. The maximum atomic E-state index is 13.4. The molecule has 2 amide bonds. The highest BCUT2D eigenvalue weighted by molar-refractivity contribution is 7.91. The molecule has 4 saturated carbocycles. The molecule has 6 aliphatic carbocycles. The molecule has 0 radical (unpaired) electrons. The summed E-state index contributed by atoms with van der Waals surface area (Å²) in [5, 5.41) is 22.6. The van der Waals surface area contributed by atoms with Crippen LogP contribution in [0.15, 0.2) is 97.1 Å². The summed E-state index contributed by atoms with van der Waals surface area (Å²) in [5.74, 6) is 0.945. The number of sulfonamides is 2. The predicted octanol–water partition coefficient (Wildman–Crippen LogP) is 10.8. The van der Waals surface area contributed by atoms with Crippen molar-refractivity contribution in [3.8, 4) is 11.5 Å². The van der Waals surface area contributed by atoms with Crippen LogP contribution in [0.4, 0.5) is 11.4 Å². The number of nitrogens with one attached hydrogen (secondary N) is 2. The van der Waals surface area contributed by atoms with E-state index in [2.05, 4.69) is 43.5 Å². The van der Waals surface area contributed by atoms with Gasteiger partial charge in [-0.15, -0.1) is 0 Å². The minimum atomic E-state index is -3.86. The van der Waals surface area contributed by atoms with Gasteiger partial charge in [0.15, 0.2) is 0 Å². The number of aryl methyl sites for hydroxylation is 2. The van der Waals surface area contributed by atoms with Gasteiger partial charge in [-0.2, -0.15) is 0 Å². The molecule has 2 spiro atoms. The van der Waals surface area contributed by atoms with E-state index in [0.717, 1.165) is 124 Å². The van der Waals surface area contributed by atoms with E-state index in [-0.39, 0.29) is 34.5 Å². The molecule has 18 heteroatoms. The first-order valence-electron chi connectivity index (χ1n) is 30.9. The van der Waals surface area contributed by atoms with Gasteiger partial charge in [0.05, 0.1) is 47.3 Å². The standard InChI is InChI=1S/2C33H39ClN2O5S/c2*34-25-11-13-27-22(16-25)6-3-15-33(27)19-36-18-24-9-12-26(24)29(37)7-1-4-21-5-2-8-31(21)42(39,40)35-32(38)23-10-14-30(41-20-33)28(36)17-23/h2*1,7,10-11,13-14,16-17,21,24,26,29,31,37H,2-6,8-9,12,15,18-20H2,(H,35,38)/b2*7-1+/t21-,24+,26-,29+,31-,33+;21-,24-,26+,29-,31-,33-/m10/s1. The predicted molar refractivity (Wildman–Crippen MR) is 327 cm³/mol. The number of halogens is 2. The second-order valence-electron chi connectivity index (χ2n) is 26.3. The van der Waals surface area contributed by atoms with Crippen LogP contribution < -0.4 is 28.7 Å². The van der Waals surface area contributed by atoms with Crippen LogP contribution in [0.5, 0.6) is 11.5 Å². The number of aliphatic hydroxyl groups is 2. The number of benzene rings is 4. The van der Waals surface area contributed by atoms with Crippen LogP contribution in [0.2, 0.25) is 10.0 Å². The summed E-state index contributed by atoms with van der Waals surface area (Å²) in [4.78, 5) is 31.5. The zero-order valence-electron chi connectivity index (χ0n) is 47.6. The van der Waals surface area contributed by atoms with Gasteiger partial charge in [-0.05, 0) is 221 Å². The van der Waals surface area contributed by atoms with Crippen molar-refractivity contribution in [1.82, 2.24) is 9.44 Å². The molecule has 10 aliphatic rings. The van der Waals surface area contributed by atoms with Crippen molar-refractivity contribution in [3.63, 3.8) is 0 Å². The topological polar surface area (TPSA) is 192 Å². The van der Waals surface area contributed by atoms with E-state index >= 15 is 0 Å². The number of ether oxygens (including phenoxy) is 2. The van der Waals surface area contributed by atoms with E-state index in [1.807, 2.05) is 48.6 Å². The van der Waals surface area contributed by atoms with Gasteiger partial charge in [0.1, 0.15) is 11.5 Å². The van der Waals surface area contributed by atoms with Crippen LogP contribution in [-0.4, -0.2) is 101 Å². The van der Waals surface area contributed by atoms with Gasteiger partial charge in [-0.3, -0.25) is 9.59 Å². The van der Waals surface area contributed by atoms with E-state index in [9.17, 15) is 36.6 Å². The molecule has 4 heterocycles. The summed E-state index contributed by atoms with van der Waals surface area (Å²) in [6, 6.07) is 22.9. The van der Waals surface area contributed by atoms with E-state index in [1.165, 1.54) is 22.3 Å². The highest BCUT2D eigenvalue weighted by Gasteiger charge is 2.48. The molecule has 448 valence electrons. The molecule has 0 unspecified atom stereocenters. The van der Waals surface area contributed by atoms with Crippen molar-refractivity contribution >= 4 is 66.4 Å². The molecular weight excluding hydrogens is 1140 g/mol. The minimum absolute atomic E-state index is 0.0655. The monoisotopic (exact) mass is 1220 g/mol. The Morgan fingerprint density at radius 2 is 0.964 bits per heavy atom. The normalized spacial score (nSPS) is 34.6. The molecule has 4 fully saturated rings. The Labute approximate surface area is 504 Å². The molecule has 4 aromatic carbocycles. The lowest BCUT2D eigenvalue weighted by atomic mass is 9.68. The molecule has 4 N–H and O–H groups in total. The molecule has 84 heavy (non-hydrogen) atoms. The Hall–Kier alpha value is -5.10. The van der Waals surface area contributed by atoms with Crippen LogP contribution in [-0.2, 0) is 43.7 Å². The van der Waals surface area contributed by atoms with Crippen molar-refractivity contribution in [2.24, 2.45) is 35.5 Å². The fourth-order valence-corrected chi connectivity index (χ4v) is 20.5. The Balaban J connectivity index is 0.000000157. The van der Waals surface area contributed by atoms with Crippen molar-refractivity contribution < 1.29 is 46.1 Å². The number of hydrogen-bond donors (Lipinski definition) is 4.